The molecule has 0 aliphatic carbocycles. The van der Waals surface area contributed by atoms with Crippen molar-refractivity contribution in [2.45, 2.75) is 11.3 Å². The van der Waals surface area contributed by atoms with E-state index in [0.29, 0.717) is 36.0 Å². The molecule has 140 valence electrons. The number of carbonyl (C=O) groups excluding carboxylic acids is 1. The molecular weight excluding hydrogens is 370 g/mol. The molecule has 2 aromatic rings. The SMILES string of the molecule is N#Cc1cccc(NC(=O)CCNS(=O)(=O)c2ccc3c(c2)OCCO3)c1. The van der Waals surface area contributed by atoms with Gasteiger partial charge in [-0.15, -0.1) is 0 Å². The summed E-state index contributed by atoms with van der Waals surface area (Å²) in [5.74, 6) is 0.508. The van der Waals surface area contributed by atoms with Crippen LogP contribution in [0.4, 0.5) is 5.69 Å². The lowest BCUT2D eigenvalue weighted by Gasteiger charge is -2.18. The summed E-state index contributed by atoms with van der Waals surface area (Å²) in [5, 5.41) is 11.5. The van der Waals surface area contributed by atoms with Gasteiger partial charge in [0.15, 0.2) is 11.5 Å². The minimum Gasteiger partial charge on any atom is -0.486 e. The largest absolute Gasteiger partial charge is 0.486 e. The van der Waals surface area contributed by atoms with Crippen LogP contribution in [0.25, 0.3) is 0 Å². The fourth-order valence-corrected chi connectivity index (χ4v) is 3.51. The molecule has 0 saturated heterocycles. The van der Waals surface area contributed by atoms with Gasteiger partial charge >= 0.3 is 0 Å². The Bertz CT molecular complexity index is 998. The van der Waals surface area contributed by atoms with Crippen LogP contribution < -0.4 is 19.5 Å². The number of ether oxygens (including phenoxy) is 2. The van der Waals surface area contributed by atoms with Gasteiger partial charge in [-0.25, -0.2) is 13.1 Å². The van der Waals surface area contributed by atoms with Crippen molar-refractivity contribution in [2.24, 2.45) is 0 Å². The predicted octanol–water partition coefficient (Wildman–Crippen LogP) is 1.64. The Hall–Kier alpha value is -3.09. The molecule has 2 N–H and O–H groups in total. The summed E-state index contributed by atoms with van der Waals surface area (Å²) in [6.45, 7) is 0.710. The number of rotatable bonds is 6. The zero-order valence-electron chi connectivity index (χ0n) is 14.3. The van der Waals surface area contributed by atoms with E-state index in [0.717, 1.165) is 0 Å². The van der Waals surface area contributed by atoms with Gasteiger partial charge in [0, 0.05) is 24.7 Å². The van der Waals surface area contributed by atoms with Crippen LogP contribution in [0.2, 0.25) is 0 Å². The maximum absolute atomic E-state index is 12.4. The summed E-state index contributed by atoms with van der Waals surface area (Å²) in [5.41, 5.74) is 0.904. The smallest absolute Gasteiger partial charge is 0.240 e. The van der Waals surface area contributed by atoms with Crippen molar-refractivity contribution < 1.29 is 22.7 Å². The van der Waals surface area contributed by atoms with Crippen LogP contribution in [0.3, 0.4) is 0 Å². The van der Waals surface area contributed by atoms with Crippen molar-refractivity contribution in [3.05, 3.63) is 48.0 Å². The summed E-state index contributed by atoms with van der Waals surface area (Å²) in [6.07, 6.45) is -0.0550. The van der Waals surface area contributed by atoms with E-state index in [1.807, 2.05) is 6.07 Å². The topological polar surface area (TPSA) is 118 Å². The summed E-state index contributed by atoms with van der Waals surface area (Å²) >= 11 is 0. The molecule has 1 heterocycles. The maximum Gasteiger partial charge on any atom is 0.240 e. The van der Waals surface area contributed by atoms with Crippen LogP contribution in [0, 0.1) is 11.3 Å². The second-order valence-corrected chi connectivity index (χ2v) is 7.46. The Morgan fingerprint density at radius 3 is 2.67 bits per heavy atom. The summed E-state index contributed by atoms with van der Waals surface area (Å²) < 4.78 is 37.9. The Morgan fingerprint density at radius 1 is 1.11 bits per heavy atom. The molecule has 1 aliphatic rings. The van der Waals surface area contributed by atoms with E-state index in [1.165, 1.54) is 24.3 Å². The average molecular weight is 387 g/mol. The molecule has 8 nitrogen and oxygen atoms in total. The molecule has 0 fully saturated rings. The van der Waals surface area contributed by atoms with Crippen molar-refractivity contribution in [1.82, 2.24) is 4.72 Å². The first kappa shape index (κ1) is 18.7. The van der Waals surface area contributed by atoms with Crippen molar-refractivity contribution in [3.8, 4) is 17.6 Å². The van der Waals surface area contributed by atoms with E-state index in [9.17, 15) is 13.2 Å². The minimum absolute atomic E-state index is 0.0360. The normalized spacial score (nSPS) is 12.9. The number of anilines is 1. The zero-order chi connectivity index (χ0) is 19.3. The molecule has 0 aromatic heterocycles. The summed E-state index contributed by atoms with van der Waals surface area (Å²) in [4.78, 5) is 12.0. The van der Waals surface area contributed by atoms with Gasteiger partial charge in [0.05, 0.1) is 16.5 Å². The van der Waals surface area contributed by atoms with Crippen LogP contribution in [0.15, 0.2) is 47.4 Å². The van der Waals surface area contributed by atoms with Crippen molar-refractivity contribution in [1.29, 1.82) is 5.26 Å². The van der Waals surface area contributed by atoms with Gasteiger partial charge in [0.1, 0.15) is 13.2 Å². The maximum atomic E-state index is 12.4. The lowest BCUT2D eigenvalue weighted by atomic mass is 10.2. The predicted molar refractivity (Wildman–Crippen MR) is 97.0 cm³/mol. The summed E-state index contributed by atoms with van der Waals surface area (Å²) in [6, 6.07) is 12.8. The van der Waals surface area contributed by atoms with Crippen molar-refractivity contribution in [2.75, 3.05) is 25.1 Å². The lowest BCUT2D eigenvalue weighted by Crippen LogP contribution is -2.28. The molecule has 0 unspecified atom stereocenters. The Labute approximate surface area is 156 Å². The van der Waals surface area contributed by atoms with Crippen LogP contribution in [-0.2, 0) is 14.8 Å². The standard InChI is InChI=1S/C18H17N3O5S/c19-12-13-2-1-3-14(10-13)21-18(22)6-7-20-27(23,24)15-4-5-16-17(11-15)26-9-8-25-16/h1-5,10-11,20H,6-9H2,(H,21,22). The second-order valence-electron chi connectivity index (χ2n) is 5.69. The van der Waals surface area contributed by atoms with Crippen LogP contribution >= 0.6 is 0 Å². The van der Waals surface area contributed by atoms with Crippen LogP contribution in [-0.4, -0.2) is 34.1 Å². The first-order valence-corrected chi connectivity index (χ1v) is 9.65. The monoisotopic (exact) mass is 387 g/mol. The zero-order valence-corrected chi connectivity index (χ0v) is 15.1. The average Bonchev–Trinajstić information content (AvgIpc) is 2.67. The van der Waals surface area contributed by atoms with Gasteiger partial charge in [-0.05, 0) is 30.3 Å². The highest BCUT2D eigenvalue weighted by atomic mass is 32.2. The number of sulfonamides is 1. The van der Waals surface area contributed by atoms with E-state index in [-0.39, 0.29) is 23.8 Å². The van der Waals surface area contributed by atoms with Gasteiger partial charge in [0.25, 0.3) is 0 Å². The van der Waals surface area contributed by atoms with E-state index >= 15 is 0 Å². The van der Waals surface area contributed by atoms with Crippen molar-refractivity contribution >= 4 is 21.6 Å². The number of benzene rings is 2. The van der Waals surface area contributed by atoms with Crippen LogP contribution in [0.5, 0.6) is 11.5 Å². The van der Waals surface area contributed by atoms with Crippen LogP contribution in [0.1, 0.15) is 12.0 Å². The lowest BCUT2D eigenvalue weighted by molar-refractivity contribution is -0.116. The number of nitrogens with one attached hydrogen (secondary N) is 2. The highest BCUT2D eigenvalue weighted by Crippen LogP contribution is 2.32. The molecule has 1 aliphatic heterocycles. The molecule has 0 bridgehead atoms. The van der Waals surface area contributed by atoms with Gasteiger partial charge < -0.3 is 14.8 Å². The summed E-state index contributed by atoms with van der Waals surface area (Å²) in [7, 11) is -3.78. The molecule has 0 radical (unpaired) electrons. The number of nitriles is 1. The van der Waals surface area contributed by atoms with E-state index in [4.69, 9.17) is 14.7 Å². The number of fused-ring (bicyclic) bond motifs is 1. The number of nitrogens with zero attached hydrogens (tertiary/aromatic N) is 1. The number of amides is 1. The van der Waals surface area contributed by atoms with Gasteiger partial charge in [-0.2, -0.15) is 5.26 Å². The highest BCUT2D eigenvalue weighted by Gasteiger charge is 2.19. The molecule has 0 atom stereocenters. The number of carbonyl (C=O) groups is 1. The highest BCUT2D eigenvalue weighted by molar-refractivity contribution is 7.89. The van der Waals surface area contributed by atoms with Crippen molar-refractivity contribution in [3.63, 3.8) is 0 Å². The second kappa shape index (κ2) is 8.07. The fraction of sp³-hybridized carbons (Fsp3) is 0.222. The Kier molecular flexibility index (Phi) is 5.59. The van der Waals surface area contributed by atoms with E-state index in [2.05, 4.69) is 10.0 Å². The fourth-order valence-electron chi connectivity index (χ4n) is 2.46. The first-order valence-electron chi connectivity index (χ1n) is 8.17. The molecule has 2 aromatic carbocycles. The molecule has 0 saturated carbocycles. The molecule has 27 heavy (non-hydrogen) atoms. The molecule has 1 amide bonds. The minimum atomic E-state index is -3.78. The molecule has 0 spiro atoms. The molecular formula is C18H17N3O5S. The number of hydrogen-bond donors (Lipinski definition) is 2. The third-order valence-electron chi connectivity index (χ3n) is 3.74. The van der Waals surface area contributed by atoms with E-state index in [1.54, 1.807) is 18.2 Å². The van der Waals surface area contributed by atoms with E-state index < -0.39 is 10.0 Å². The Balaban J connectivity index is 1.56. The quantitative estimate of drug-likeness (QED) is 0.778. The molecule has 9 heteroatoms. The molecule has 3 rings (SSSR count). The third-order valence-corrected chi connectivity index (χ3v) is 5.20. The first-order chi connectivity index (χ1) is 13.0. The van der Waals surface area contributed by atoms with Gasteiger partial charge in [0.2, 0.25) is 15.9 Å². The third kappa shape index (κ3) is 4.75. The van der Waals surface area contributed by atoms with Gasteiger partial charge in [-0.3, -0.25) is 4.79 Å². The Morgan fingerprint density at radius 2 is 1.89 bits per heavy atom. The number of hydrogen-bond acceptors (Lipinski definition) is 6. The van der Waals surface area contributed by atoms with Gasteiger partial charge in [-0.1, -0.05) is 6.07 Å².